The number of aliphatic hydroxyl groups excluding tert-OH is 1. The number of hydrogen-bond acceptors (Lipinski definition) is 4. The summed E-state index contributed by atoms with van der Waals surface area (Å²) < 4.78 is 5.53. The molecule has 3 atom stereocenters. The normalized spacial score (nSPS) is 27.7. The van der Waals surface area contributed by atoms with E-state index in [2.05, 4.69) is 0 Å². The van der Waals surface area contributed by atoms with Gasteiger partial charge in [-0.05, 0) is 60.4 Å². The molecule has 3 aromatic carbocycles. The van der Waals surface area contributed by atoms with E-state index in [9.17, 15) is 14.7 Å². The van der Waals surface area contributed by atoms with E-state index in [1.54, 1.807) is 31.2 Å². The topological polar surface area (TPSA) is 66.8 Å². The van der Waals surface area contributed by atoms with Crippen LogP contribution in [-0.2, 0) is 15.0 Å². The molecule has 3 aromatic rings. The number of carbonyl (C=O) groups is 2. The van der Waals surface area contributed by atoms with E-state index in [0.29, 0.717) is 18.0 Å². The maximum atomic E-state index is 14.0. The van der Waals surface area contributed by atoms with Crippen molar-refractivity contribution in [2.45, 2.75) is 31.3 Å². The van der Waals surface area contributed by atoms with Gasteiger partial charge in [0.05, 0.1) is 35.6 Å². The molecule has 0 spiro atoms. The summed E-state index contributed by atoms with van der Waals surface area (Å²) in [6, 6.07) is 23.0. The van der Waals surface area contributed by atoms with Crippen molar-refractivity contribution in [1.82, 2.24) is 0 Å². The summed E-state index contributed by atoms with van der Waals surface area (Å²) in [5.74, 6) is -1.18. The first-order chi connectivity index (χ1) is 16.0. The Morgan fingerprint density at radius 3 is 2.03 bits per heavy atom. The average Bonchev–Trinajstić information content (AvgIpc) is 3.10. The van der Waals surface area contributed by atoms with Crippen LogP contribution in [0.1, 0.15) is 42.0 Å². The van der Waals surface area contributed by atoms with Crippen LogP contribution < -0.4 is 9.64 Å². The van der Waals surface area contributed by atoms with Gasteiger partial charge in [-0.2, -0.15) is 0 Å². The third kappa shape index (κ3) is 2.40. The number of hydrogen-bond donors (Lipinski definition) is 1. The lowest BCUT2D eigenvalue weighted by atomic mass is 9.46. The van der Waals surface area contributed by atoms with E-state index in [4.69, 9.17) is 4.74 Å². The lowest BCUT2D eigenvalue weighted by Gasteiger charge is -2.55. The van der Waals surface area contributed by atoms with Crippen LogP contribution in [0, 0.1) is 11.8 Å². The van der Waals surface area contributed by atoms with Gasteiger partial charge in [-0.15, -0.1) is 0 Å². The van der Waals surface area contributed by atoms with Gasteiger partial charge in [0.15, 0.2) is 0 Å². The van der Waals surface area contributed by atoms with Crippen LogP contribution >= 0.6 is 0 Å². The third-order valence-electron chi connectivity index (χ3n) is 7.75. The zero-order valence-electron chi connectivity index (χ0n) is 18.6. The van der Waals surface area contributed by atoms with E-state index in [0.717, 1.165) is 22.3 Å². The number of carbonyl (C=O) groups excluding carboxylic acids is 2. The summed E-state index contributed by atoms with van der Waals surface area (Å²) in [5.41, 5.74) is 3.55. The number of benzene rings is 3. The fourth-order valence-corrected chi connectivity index (χ4v) is 6.65. The quantitative estimate of drug-likeness (QED) is 0.624. The first kappa shape index (κ1) is 20.2. The highest BCUT2D eigenvalue weighted by Gasteiger charge is 2.69. The number of imide groups is 1. The maximum absolute atomic E-state index is 14.0. The van der Waals surface area contributed by atoms with Crippen molar-refractivity contribution >= 4 is 17.5 Å². The van der Waals surface area contributed by atoms with Crippen molar-refractivity contribution in [3.63, 3.8) is 0 Å². The van der Waals surface area contributed by atoms with E-state index in [1.807, 2.05) is 55.5 Å². The van der Waals surface area contributed by atoms with Crippen molar-refractivity contribution in [2.24, 2.45) is 11.8 Å². The molecule has 0 saturated carbocycles. The van der Waals surface area contributed by atoms with Crippen molar-refractivity contribution in [1.29, 1.82) is 0 Å². The molecule has 5 heteroatoms. The highest BCUT2D eigenvalue weighted by atomic mass is 16.5. The number of nitrogens with zero attached hydrogens (tertiary/aromatic N) is 1. The molecule has 166 valence electrons. The molecule has 4 aliphatic rings. The van der Waals surface area contributed by atoms with Gasteiger partial charge in [0.1, 0.15) is 5.75 Å². The summed E-state index contributed by atoms with van der Waals surface area (Å²) in [5, 5.41) is 11.4. The molecule has 0 radical (unpaired) electrons. The molecule has 33 heavy (non-hydrogen) atoms. The second-order valence-corrected chi connectivity index (χ2v) is 9.14. The van der Waals surface area contributed by atoms with Gasteiger partial charge in [-0.3, -0.25) is 9.59 Å². The number of amides is 2. The minimum absolute atomic E-state index is 0.201. The zero-order valence-corrected chi connectivity index (χ0v) is 18.6. The molecule has 1 heterocycles. The first-order valence-corrected chi connectivity index (χ1v) is 11.5. The fraction of sp³-hybridized carbons (Fsp3) is 0.286. The second-order valence-electron chi connectivity index (χ2n) is 9.14. The van der Waals surface area contributed by atoms with Crippen LogP contribution in [0.2, 0.25) is 0 Å². The molecule has 1 saturated heterocycles. The van der Waals surface area contributed by atoms with Gasteiger partial charge < -0.3 is 9.84 Å². The van der Waals surface area contributed by atoms with Gasteiger partial charge in [-0.25, -0.2) is 4.90 Å². The number of anilines is 1. The fourth-order valence-electron chi connectivity index (χ4n) is 6.65. The molecule has 0 unspecified atom stereocenters. The van der Waals surface area contributed by atoms with E-state index < -0.39 is 23.4 Å². The molecular weight excluding hydrogens is 414 g/mol. The van der Waals surface area contributed by atoms with Crippen LogP contribution in [0.25, 0.3) is 0 Å². The van der Waals surface area contributed by atoms with Crippen molar-refractivity contribution in [3.8, 4) is 5.75 Å². The van der Waals surface area contributed by atoms with E-state index >= 15 is 0 Å². The Hall–Kier alpha value is -3.44. The Morgan fingerprint density at radius 1 is 0.909 bits per heavy atom. The minimum Gasteiger partial charge on any atom is -0.494 e. The monoisotopic (exact) mass is 439 g/mol. The molecule has 1 fully saturated rings. The van der Waals surface area contributed by atoms with Gasteiger partial charge >= 0.3 is 0 Å². The Balaban J connectivity index is 1.58. The van der Waals surface area contributed by atoms with Crippen LogP contribution in [0.4, 0.5) is 5.69 Å². The molecular formula is C28H25NO4. The Bertz CT molecular complexity index is 1230. The predicted molar refractivity (Wildman–Crippen MR) is 124 cm³/mol. The van der Waals surface area contributed by atoms with E-state index in [-0.39, 0.29) is 17.7 Å². The van der Waals surface area contributed by atoms with Crippen molar-refractivity contribution < 1.29 is 19.4 Å². The second kappa shape index (κ2) is 7.03. The molecule has 5 nitrogen and oxygen atoms in total. The smallest absolute Gasteiger partial charge is 0.239 e. The SMILES string of the molecule is CCOc1ccc(N2C(=O)[C@@H]3[C@@H](C2=O)C2c4ccccc4C3([C@@H](C)O)c3ccccc32)cc1. The van der Waals surface area contributed by atoms with Gasteiger partial charge in [0.2, 0.25) is 11.8 Å². The molecule has 3 aliphatic carbocycles. The van der Waals surface area contributed by atoms with Crippen LogP contribution in [0.5, 0.6) is 5.75 Å². The summed E-state index contributed by atoms with van der Waals surface area (Å²) in [7, 11) is 0. The summed E-state index contributed by atoms with van der Waals surface area (Å²) in [4.78, 5) is 29.3. The molecule has 7 rings (SSSR count). The molecule has 0 aromatic heterocycles. The molecule has 1 aliphatic heterocycles. The molecule has 1 N–H and O–H groups in total. The van der Waals surface area contributed by atoms with E-state index in [1.165, 1.54) is 4.90 Å². The number of ether oxygens (including phenoxy) is 1. The van der Waals surface area contributed by atoms with Crippen LogP contribution in [0.3, 0.4) is 0 Å². The summed E-state index contributed by atoms with van der Waals surface area (Å²) in [6.07, 6.45) is -0.856. The summed E-state index contributed by atoms with van der Waals surface area (Å²) in [6.45, 7) is 4.19. The lowest BCUT2D eigenvalue weighted by Crippen LogP contribution is -2.58. The molecule has 2 amide bonds. The first-order valence-electron chi connectivity index (χ1n) is 11.5. The molecule has 2 bridgehead atoms. The van der Waals surface area contributed by atoms with Gasteiger partial charge in [0.25, 0.3) is 0 Å². The predicted octanol–water partition coefficient (Wildman–Crippen LogP) is 4.02. The van der Waals surface area contributed by atoms with Crippen LogP contribution in [-0.4, -0.2) is 29.6 Å². The van der Waals surface area contributed by atoms with Crippen LogP contribution in [0.15, 0.2) is 72.8 Å². The van der Waals surface area contributed by atoms with Crippen molar-refractivity contribution in [3.05, 3.63) is 95.1 Å². The van der Waals surface area contributed by atoms with Crippen molar-refractivity contribution in [2.75, 3.05) is 11.5 Å². The Morgan fingerprint density at radius 2 is 1.48 bits per heavy atom. The average molecular weight is 440 g/mol. The van der Waals surface area contributed by atoms with Gasteiger partial charge in [-0.1, -0.05) is 48.5 Å². The highest BCUT2D eigenvalue weighted by Crippen LogP contribution is 2.65. The summed E-state index contributed by atoms with van der Waals surface area (Å²) >= 11 is 0. The zero-order chi connectivity index (χ0) is 22.9. The third-order valence-corrected chi connectivity index (χ3v) is 7.75. The minimum atomic E-state index is -0.973. The number of rotatable bonds is 4. The maximum Gasteiger partial charge on any atom is 0.239 e. The van der Waals surface area contributed by atoms with Gasteiger partial charge in [0, 0.05) is 5.92 Å². The standard InChI is InChI=1S/C28H25NO4/c1-3-33-18-14-12-17(13-15-18)29-26(31)24-23-19-8-4-6-10-21(19)28(16(2)30,25(24)27(29)32)22-11-7-5-9-20(22)23/h4-16,23-25,30H,3H2,1-2H3/t16-,23?,24+,25+,28?/m1/s1. The Labute approximate surface area is 192 Å². The Kier molecular flexibility index (Phi) is 4.30. The highest BCUT2D eigenvalue weighted by molar-refractivity contribution is 6.23. The number of aliphatic hydroxyl groups is 1. The largest absolute Gasteiger partial charge is 0.494 e. The lowest BCUT2D eigenvalue weighted by molar-refractivity contribution is -0.126.